The molecule has 3 heteroatoms. The zero-order valence-electron chi connectivity index (χ0n) is 11.3. The SMILES string of the molecule is CC(C)=CCC[C@@H](C)c1cc(Br)c(C)c(Br)c1O. The van der Waals surface area contributed by atoms with Gasteiger partial charge in [-0.25, -0.2) is 0 Å². The topological polar surface area (TPSA) is 20.2 Å². The molecule has 0 heterocycles. The number of phenolic OH excluding ortho intramolecular Hbond substituents is 1. The molecule has 0 amide bonds. The summed E-state index contributed by atoms with van der Waals surface area (Å²) in [4.78, 5) is 0. The molecule has 1 N–H and O–H groups in total. The molecule has 0 aliphatic heterocycles. The number of hydrogen-bond donors (Lipinski definition) is 1. The molecule has 0 aliphatic carbocycles. The maximum absolute atomic E-state index is 10.2. The van der Waals surface area contributed by atoms with Gasteiger partial charge in [-0.15, -0.1) is 0 Å². The van der Waals surface area contributed by atoms with Crippen molar-refractivity contribution in [3.8, 4) is 5.75 Å². The Bertz CT molecular complexity index is 460. The molecule has 0 radical (unpaired) electrons. The van der Waals surface area contributed by atoms with Crippen LogP contribution in [0.5, 0.6) is 5.75 Å². The summed E-state index contributed by atoms with van der Waals surface area (Å²) in [7, 11) is 0. The molecule has 0 spiro atoms. The zero-order valence-corrected chi connectivity index (χ0v) is 14.5. The van der Waals surface area contributed by atoms with Crippen LogP contribution < -0.4 is 0 Å². The van der Waals surface area contributed by atoms with Crippen LogP contribution >= 0.6 is 31.9 Å². The van der Waals surface area contributed by atoms with E-state index in [4.69, 9.17) is 0 Å². The molecule has 0 saturated heterocycles. The van der Waals surface area contributed by atoms with Gasteiger partial charge in [-0.1, -0.05) is 34.5 Å². The van der Waals surface area contributed by atoms with Gasteiger partial charge in [-0.2, -0.15) is 0 Å². The Labute approximate surface area is 127 Å². The van der Waals surface area contributed by atoms with Crippen molar-refractivity contribution in [1.82, 2.24) is 0 Å². The first-order valence-corrected chi connectivity index (χ1v) is 7.74. The van der Waals surface area contributed by atoms with Crippen LogP contribution in [0.2, 0.25) is 0 Å². The second-order valence-electron chi connectivity index (χ2n) is 5.00. The van der Waals surface area contributed by atoms with Crippen molar-refractivity contribution in [2.24, 2.45) is 0 Å². The van der Waals surface area contributed by atoms with Crippen molar-refractivity contribution in [2.75, 3.05) is 0 Å². The normalized spacial score (nSPS) is 12.3. The summed E-state index contributed by atoms with van der Waals surface area (Å²) in [6.45, 7) is 8.36. The smallest absolute Gasteiger partial charge is 0.133 e. The average molecular weight is 376 g/mol. The standard InChI is InChI=1S/C15H20Br2O/c1-9(2)6-5-7-10(3)12-8-13(16)11(4)14(17)15(12)18/h6,8,10,18H,5,7H2,1-4H3/t10-/m1/s1. The monoisotopic (exact) mass is 374 g/mol. The minimum Gasteiger partial charge on any atom is -0.506 e. The van der Waals surface area contributed by atoms with Crippen LogP contribution in [0.25, 0.3) is 0 Å². The van der Waals surface area contributed by atoms with Crippen LogP contribution in [-0.2, 0) is 0 Å². The van der Waals surface area contributed by atoms with E-state index in [0.717, 1.165) is 32.9 Å². The molecule has 1 aromatic rings. The lowest BCUT2D eigenvalue weighted by Gasteiger charge is -2.16. The largest absolute Gasteiger partial charge is 0.506 e. The molecule has 18 heavy (non-hydrogen) atoms. The van der Waals surface area contributed by atoms with Gasteiger partial charge in [0.1, 0.15) is 5.75 Å². The molecular formula is C15H20Br2O. The molecular weight excluding hydrogens is 356 g/mol. The second kappa shape index (κ2) is 6.76. The van der Waals surface area contributed by atoms with Crippen molar-refractivity contribution < 1.29 is 5.11 Å². The molecule has 100 valence electrons. The first kappa shape index (κ1) is 15.8. The summed E-state index contributed by atoms with van der Waals surface area (Å²) in [6.07, 6.45) is 4.33. The van der Waals surface area contributed by atoms with Gasteiger partial charge in [0, 0.05) is 4.47 Å². The van der Waals surface area contributed by atoms with Gasteiger partial charge >= 0.3 is 0 Å². The predicted molar refractivity (Wildman–Crippen MR) is 85.3 cm³/mol. The van der Waals surface area contributed by atoms with Crippen molar-refractivity contribution in [1.29, 1.82) is 0 Å². The van der Waals surface area contributed by atoms with E-state index in [0.29, 0.717) is 11.7 Å². The van der Waals surface area contributed by atoms with Crippen LogP contribution in [0.1, 0.15) is 50.7 Å². The highest BCUT2D eigenvalue weighted by Gasteiger charge is 2.16. The van der Waals surface area contributed by atoms with E-state index in [1.165, 1.54) is 5.57 Å². The van der Waals surface area contributed by atoms with E-state index < -0.39 is 0 Å². The summed E-state index contributed by atoms with van der Waals surface area (Å²) in [6, 6.07) is 2.03. The first-order valence-electron chi connectivity index (χ1n) is 6.15. The number of hydrogen-bond acceptors (Lipinski definition) is 1. The lowest BCUT2D eigenvalue weighted by atomic mass is 9.94. The Morgan fingerprint density at radius 2 is 2.00 bits per heavy atom. The molecule has 0 unspecified atom stereocenters. The summed E-state index contributed by atoms with van der Waals surface area (Å²) >= 11 is 6.99. The van der Waals surface area contributed by atoms with E-state index in [2.05, 4.69) is 58.7 Å². The molecule has 1 nitrogen and oxygen atoms in total. The molecule has 0 bridgehead atoms. The van der Waals surface area contributed by atoms with Gasteiger partial charge in [0.25, 0.3) is 0 Å². The van der Waals surface area contributed by atoms with Gasteiger partial charge in [0.15, 0.2) is 0 Å². The molecule has 1 aromatic carbocycles. The van der Waals surface area contributed by atoms with E-state index in [1.807, 2.05) is 13.0 Å². The number of rotatable bonds is 4. The molecule has 1 atom stereocenters. The maximum atomic E-state index is 10.2. The van der Waals surface area contributed by atoms with Gasteiger partial charge < -0.3 is 5.11 Å². The Morgan fingerprint density at radius 1 is 1.39 bits per heavy atom. The summed E-state index contributed by atoms with van der Waals surface area (Å²) in [5, 5.41) is 10.2. The fourth-order valence-corrected chi connectivity index (χ4v) is 3.03. The predicted octanol–water partition coefficient (Wildman–Crippen LogP) is 6.08. The molecule has 0 aromatic heterocycles. The molecule has 0 fully saturated rings. The van der Waals surface area contributed by atoms with E-state index in [9.17, 15) is 5.11 Å². The fraction of sp³-hybridized carbons (Fsp3) is 0.467. The molecule has 0 aliphatic rings. The summed E-state index contributed by atoms with van der Waals surface area (Å²) in [5.41, 5.74) is 3.38. The highest BCUT2D eigenvalue weighted by Crippen LogP contribution is 2.40. The van der Waals surface area contributed by atoms with E-state index in [-0.39, 0.29) is 0 Å². The number of allylic oxidation sites excluding steroid dienone is 2. The lowest BCUT2D eigenvalue weighted by Crippen LogP contribution is -1.96. The highest BCUT2D eigenvalue weighted by molar-refractivity contribution is 9.11. The third kappa shape index (κ3) is 3.86. The first-order chi connectivity index (χ1) is 8.34. The lowest BCUT2D eigenvalue weighted by molar-refractivity contribution is 0.456. The van der Waals surface area contributed by atoms with Crippen LogP contribution in [0.3, 0.4) is 0 Å². The minimum atomic E-state index is 0.341. The Morgan fingerprint density at radius 3 is 2.56 bits per heavy atom. The maximum Gasteiger partial charge on any atom is 0.133 e. The summed E-state index contributed by atoms with van der Waals surface area (Å²) < 4.78 is 1.83. The number of phenols is 1. The van der Waals surface area contributed by atoms with Crippen molar-refractivity contribution in [3.05, 3.63) is 37.8 Å². The summed E-state index contributed by atoms with van der Waals surface area (Å²) in [5.74, 6) is 0.717. The van der Waals surface area contributed by atoms with Gasteiger partial charge in [-0.3, -0.25) is 0 Å². The number of aromatic hydroxyl groups is 1. The molecule has 1 rings (SSSR count). The third-order valence-electron chi connectivity index (χ3n) is 3.13. The van der Waals surface area contributed by atoms with Crippen molar-refractivity contribution in [3.63, 3.8) is 0 Å². The van der Waals surface area contributed by atoms with Crippen molar-refractivity contribution >= 4 is 31.9 Å². The van der Waals surface area contributed by atoms with Crippen LogP contribution in [0.4, 0.5) is 0 Å². The quantitative estimate of drug-likeness (QED) is 0.632. The second-order valence-corrected chi connectivity index (χ2v) is 6.64. The van der Waals surface area contributed by atoms with Gasteiger partial charge in [0.2, 0.25) is 0 Å². The van der Waals surface area contributed by atoms with Gasteiger partial charge in [-0.05, 0) is 72.7 Å². The zero-order chi connectivity index (χ0) is 13.9. The molecule has 0 saturated carbocycles. The average Bonchev–Trinajstić information content (AvgIpc) is 2.30. The van der Waals surface area contributed by atoms with E-state index in [1.54, 1.807) is 0 Å². The minimum absolute atomic E-state index is 0.341. The third-order valence-corrected chi connectivity index (χ3v) is 4.93. The Kier molecular flexibility index (Phi) is 5.93. The van der Waals surface area contributed by atoms with Crippen LogP contribution in [0.15, 0.2) is 26.7 Å². The highest BCUT2D eigenvalue weighted by atomic mass is 79.9. The van der Waals surface area contributed by atoms with Crippen LogP contribution in [0, 0.1) is 6.92 Å². The number of benzene rings is 1. The van der Waals surface area contributed by atoms with Crippen LogP contribution in [-0.4, -0.2) is 5.11 Å². The van der Waals surface area contributed by atoms with E-state index >= 15 is 0 Å². The van der Waals surface area contributed by atoms with Gasteiger partial charge in [0.05, 0.1) is 4.47 Å². The fourth-order valence-electron chi connectivity index (χ4n) is 1.88. The van der Waals surface area contributed by atoms with Crippen molar-refractivity contribution in [2.45, 2.75) is 46.5 Å². The Balaban J connectivity index is 2.93. The number of halogens is 2. The Hall–Kier alpha value is -0.280.